The van der Waals surface area contributed by atoms with Gasteiger partial charge in [0.2, 0.25) is 5.91 Å². The summed E-state index contributed by atoms with van der Waals surface area (Å²) in [6, 6.07) is 9.91. The minimum atomic E-state index is -0.0369. The molecule has 0 spiro atoms. The fourth-order valence-corrected chi connectivity index (χ4v) is 2.43. The smallest absolute Gasteiger partial charge is 0.228 e. The van der Waals surface area contributed by atoms with Gasteiger partial charge in [-0.05, 0) is 26.3 Å². The lowest BCUT2D eigenvalue weighted by atomic mass is 10.1. The van der Waals surface area contributed by atoms with E-state index in [0.29, 0.717) is 11.5 Å². The van der Waals surface area contributed by atoms with Crippen molar-refractivity contribution in [1.29, 1.82) is 0 Å². The van der Waals surface area contributed by atoms with Crippen molar-refractivity contribution in [3.05, 3.63) is 47.8 Å². The van der Waals surface area contributed by atoms with E-state index in [-0.39, 0.29) is 11.8 Å². The highest BCUT2D eigenvalue weighted by molar-refractivity contribution is 5.93. The average Bonchev–Trinajstić information content (AvgIpc) is 2.57. The Kier molecular flexibility index (Phi) is 6.24. The lowest BCUT2D eigenvalue weighted by Gasteiger charge is -2.13. The van der Waals surface area contributed by atoms with Gasteiger partial charge in [0.25, 0.3) is 0 Å². The van der Waals surface area contributed by atoms with Crippen LogP contribution in [-0.4, -0.2) is 15.9 Å². The molecule has 2 aromatic rings. The molecule has 0 aliphatic heterocycles. The predicted molar refractivity (Wildman–Crippen MR) is 99.5 cm³/mol. The Bertz CT molecular complexity index is 719. The summed E-state index contributed by atoms with van der Waals surface area (Å²) in [5.41, 5.74) is 3.59. The molecule has 1 amide bonds. The van der Waals surface area contributed by atoms with Crippen LogP contribution >= 0.6 is 0 Å². The number of carbonyl (C=O) groups is 1. The van der Waals surface area contributed by atoms with E-state index in [9.17, 15) is 4.79 Å². The van der Waals surface area contributed by atoms with Gasteiger partial charge in [0.1, 0.15) is 5.69 Å². The minimum absolute atomic E-state index is 0.0120. The van der Waals surface area contributed by atoms with Gasteiger partial charge in [-0.3, -0.25) is 4.79 Å². The molecule has 4 heteroatoms. The normalized spacial score (nSPS) is 11.7. The van der Waals surface area contributed by atoms with Crippen LogP contribution in [0.3, 0.4) is 0 Å². The van der Waals surface area contributed by atoms with E-state index in [0.717, 1.165) is 29.7 Å². The molecule has 1 unspecified atom stereocenters. The molecule has 0 aliphatic rings. The Morgan fingerprint density at radius 2 is 1.96 bits per heavy atom. The van der Waals surface area contributed by atoms with E-state index in [1.54, 1.807) is 6.20 Å². The Morgan fingerprint density at radius 1 is 1.25 bits per heavy atom. The van der Waals surface area contributed by atoms with Crippen molar-refractivity contribution < 1.29 is 4.79 Å². The SMILES string of the molecule is CCCC(C)C(=O)Nc1ncc(-c2ccccc2)nc1C=C(C)C. The number of amides is 1. The number of carbonyl (C=O) groups excluding carboxylic acids is 1. The lowest BCUT2D eigenvalue weighted by molar-refractivity contribution is -0.119. The Labute approximate surface area is 144 Å². The molecule has 0 saturated heterocycles. The molecule has 1 N–H and O–H groups in total. The topological polar surface area (TPSA) is 54.9 Å². The van der Waals surface area contributed by atoms with Crippen molar-refractivity contribution in [1.82, 2.24) is 9.97 Å². The van der Waals surface area contributed by atoms with E-state index < -0.39 is 0 Å². The highest BCUT2D eigenvalue weighted by Crippen LogP contribution is 2.22. The number of aromatic nitrogens is 2. The molecule has 0 aliphatic carbocycles. The van der Waals surface area contributed by atoms with Gasteiger partial charge in [-0.15, -0.1) is 0 Å². The molecule has 0 saturated carbocycles. The molecule has 0 fully saturated rings. The zero-order valence-corrected chi connectivity index (χ0v) is 14.8. The van der Waals surface area contributed by atoms with Gasteiger partial charge in [0, 0.05) is 11.5 Å². The monoisotopic (exact) mass is 323 g/mol. The van der Waals surface area contributed by atoms with Crippen LogP contribution in [0.1, 0.15) is 46.2 Å². The molecule has 24 heavy (non-hydrogen) atoms. The van der Waals surface area contributed by atoms with Crippen LogP contribution in [0.25, 0.3) is 17.3 Å². The van der Waals surface area contributed by atoms with Gasteiger partial charge < -0.3 is 5.32 Å². The third kappa shape index (κ3) is 4.75. The van der Waals surface area contributed by atoms with Crippen LogP contribution < -0.4 is 5.32 Å². The molecule has 1 atom stereocenters. The number of rotatable bonds is 6. The number of benzene rings is 1. The number of hydrogen-bond acceptors (Lipinski definition) is 3. The maximum Gasteiger partial charge on any atom is 0.228 e. The Morgan fingerprint density at radius 3 is 2.58 bits per heavy atom. The van der Waals surface area contributed by atoms with Crippen LogP contribution in [0.5, 0.6) is 0 Å². The number of hydrogen-bond donors (Lipinski definition) is 1. The van der Waals surface area contributed by atoms with Crippen molar-refractivity contribution in [2.45, 2.75) is 40.5 Å². The molecular weight excluding hydrogens is 298 g/mol. The molecule has 0 radical (unpaired) electrons. The van der Waals surface area contributed by atoms with Gasteiger partial charge in [-0.2, -0.15) is 0 Å². The van der Waals surface area contributed by atoms with E-state index in [4.69, 9.17) is 0 Å². The summed E-state index contributed by atoms with van der Waals surface area (Å²) in [6.45, 7) is 8.02. The van der Waals surface area contributed by atoms with Gasteiger partial charge >= 0.3 is 0 Å². The summed E-state index contributed by atoms with van der Waals surface area (Å²) >= 11 is 0. The van der Waals surface area contributed by atoms with Crippen LogP contribution in [0.15, 0.2) is 42.1 Å². The maximum absolute atomic E-state index is 12.3. The number of nitrogens with one attached hydrogen (secondary N) is 1. The Balaban J connectivity index is 2.34. The van der Waals surface area contributed by atoms with E-state index in [1.165, 1.54) is 0 Å². The molecule has 126 valence electrons. The third-order valence-corrected chi connectivity index (χ3v) is 3.71. The lowest BCUT2D eigenvalue weighted by Crippen LogP contribution is -2.21. The molecule has 0 bridgehead atoms. The second-order valence-electron chi connectivity index (χ2n) is 6.26. The molecule has 1 heterocycles. The van der Waals surface area contributed by atoms with E-state index in [2.05, 4.69) is 22.2 Å². The Hall–Kier alpha value is -2.49. The third-order valence-electron chi connectivity index (χ3n) is 3.71. The van der Waals surface area contributed by atoms with Crippen LogP contribution in [0, 0.1) is 5.92 Å². The number of allylic oxidation sites excluding steroid dienone is 1. The van der Waals surface area contributed by atoms with Crippen LogP contribution in [0.2, 0.25) is 0 Å². The van der Waals surface area contributed by atoms with Gasteiger partial charge in [0.15, 0.2) is 5.82 Å². The molecular formula is C20H25N3O. The van der Waals surface area contributed by atoms with Crippen LogP contribution in [-0.2, 0) is 4.79 Å². The predicted octanol–water partition coefficient (Wildman–Crippen LogP) is 4.94. The second kappa shape index (κ2) is 8.39. The molecule has 1 aromatic heterocycles. The minimum Gasteiger partial charge on any atom is -0.309 e. The number of anilines is 1. The van der Waals surface area contributed by atoms with E-state index >= 15 is 0 Å². The zero-order valence-electron chi connectivity index (χ0n) is 14.8. The summed E-state index contributed by atoms with van der Waals surface area (Å²) in [4.78, 5) is 21.4. The standard InChI is InChI=1S/C20H25N3O/c1-5-9-15(4)20(24)23-19-17(12-14(2)3)22-18(13-21-19)16-10-7-6-8-11-16/h6-8,10-13,15H,5,9H2,1-4H3,(H,21,23,24). The first-order valence-electron chi connectivity index (χ1n) is 8.39. The number of nitrogens with zero attached hydrogens (tertiary/aromatic N) is 2. The second-order valence-corrected chi connectivity index (χ2v) is 6.26. The van der Waals surface area contributed by atoms with Gasteiger partial charge in [0.05, 0.1) is 11.9 Å². The van der Waals surface area contributed by atoms with Crippen molar-refractivity contribution in [2.24, 2.45) is 5.92 Å². The first kappa shape index (κ1) is 17.9. The summed E-state index contributed by atoms with van der Waals surface area (Å²) < 4.78 is 0. The van der Waals surface area contributed by atoms with Crippen molar-refractivity contribution >= 4 is 17.8 Å². The largest absolute Gasteiger partial charge is 0.309 e. The van der Waals surface area contributed by atoms with Crippen molar-refractivity contribution in [2.75, 3.05) is 5.32 Å². The fourth-order valence-electron chi connectivity index (χ4n) is 2.43. The van der Waals surface area contributed by atoms with E-state index in [1.807, 2.05) is 57.2 Å². The first-order chi connectivity index (χ1) is 11.5. The highest BCUT2D eigenvalue weighted by Gasteiger charge is 2.15. The van der Waals surface area contributed by atoms with Crippen molar-refractivity contribution in [3.8, 4) is 11.3 Å². The average molecular weight is 323 g/mol. The van der Waals surface area contributed by atoms with Crippen LogP contribution in [0.4, 0.5) is 5.82 Å². The first-order valence-corrected chi connectivity index (χ1v) is 8.39. The molecule has 1 aromatic carbocycles. The quantitative estimate of drug-likeness (QED) is 0.819. The maximum atomic E-state index is 12.3. The molecule has 2 rings (SSSR count). The summed E-state index contributed by atoms with van der Waals surface area (Å²) in [6.07, 6.45) is 5.49. The highest BCUT2D eigenvalue weighted by atomic mass is 16.1. The summed E-state index contributed by atoms with van der Waals surface area (Å²) in [7, 11) is 0. The zero-order chi connectivity index (χ0) is 17.5. The summed E-state index contributed by atoms with van der Waals surface area (Å²) in [5, 5.41) is 2.92. The van der Waals surface area contributed by atoms with Crippen molar-refractivity contribution in [3.63, 3.8) is 0 Å². The van der Waals surface area contributed by atoms with Gasteiger partial charge in [-0.25, -0.2) is 9.97 Å². The molecule has 4 nitrogen and oxygen atoms in total. The summed E-state index contributed by atoms with van der Waals surface area (Å²) in [5.74, 6) is 0.469. The van der Waals surface area contributed by atoms with Gasteiger partial charge in [-0.1, -0.05) is 56.2 Å². The fraction of sp³-hybridized carbons (Fsp3) is 0.350.